The Kier molecular flexibility index (Phi) is 8.68. The molecule has 0 bridgehead atoms. The van der Waals surface area contributed by atoms with Crippen LogP contribution < -0.4 is 5.32 Å². The summed E-state index contributed by atoms with van der Waals surface area (Å²) >= 11 is 2.05. The molecular formula is C16H31N3O2S. The molecule has 1 fully saturated rings. The average Bonchev–Trinajstić information content (AvgIpc) is 2.45. The molecule has 0 aromatic carbocycles. The van der Waals surface area contributed by atoms with Gasteiger partial charge >= 0.3 is 5.97 Å². The lowest BCUT2D eigenvalue weighted by Gasteiger charge is -2.36. The zero-order valence-corrected chi connectivity index (χ0v) is 15.4. The fourth-order valence-corrected chi connectivity index (χ4v) is 3.57. The summed E-state index contributed by atoms with van der Waals surface area (Å²) in [6, 6.07) is 0. The maximum Gasteiger partial charge on any atom is 0.307 e. The summed E-state index contributed by atoms with van der Waals surface area (Å²) in [6.45, 7) is 13.7. The molecule has 128 valence electrons. The van der Waals surface area contributed by atoms with E-state index in [0.29, 0.717) is 24.1 Å². The highest BCUT2D eigenvalue weighted by Crippen LogP contribution is 2.24. The van der Waals surface area contributed by atoms with Crippen molar-refractivity contribution < 1.29 is 9.53 Å². The zero-order chi connectivity index (χ0) is 16.5. The van der Waals surface area contributed by atoms with E-state index in [2.05, 4.69) is 36.0 Å². The number of hydrogen-bond donors (Lipinski definition) is 1. The molecule has 0 saturated carbocycles. The topological polar surface area (TPSA) is 53.9 Å². The second-order valence-electron chi connectivity index (χ2n) is 6.12. The Labute approximate surface area is 139 Å². The Morgan fingerprint density at radius 1 is 1.41 bits per heavy atom. The number of rotatable bonds is 6. The van der Waals surface area contributed by atoms with E-state index in [1.165, 1.54) is 0 Å². The first kappa shape index (κ1) is 19.1. The first-order valence-electron chi connectivity index (χ1n) is 8.28. The van der Waals surface area contributed by atoms with Crippen molar-refractivity contribution in [2.24, 2.45) is 10.9 Å². The highest BCUT2D eigenvalue weighted by molar-refractivity contribution is 8.00. The van der Waals surface area contributed by atoms with Crippen LogP contribution in [0.2, 0.25) is 0 Å². The quantitative estimate of drug-likeness (QED) is 0.461. The van der Waals surface area contributed by atoms with Gasteiger partial charge in [-0.05, 0) is 26.7 Å². The lowest BCUT2D eigenvalue weighted by molar-refractivity contribution is -0.147. The Bertz CT molecular complexity index is 372. The van der Waals surface area contributed by atoms with E-state index in [4.69, 9.17) is 4.74 Å². The molecule has 1 heterocycles. The molecule has 1 atom stereocenters. The molecule has 0 aliphatic carbocycles. The SMILES string of the molecule is CCNC(=NCCC(=O)OC(C)C)N1CCSC(C(C)C)C1. The summed E-state index contributed by atoms with van der Waals surface area (Å²) in [4.78, 5) is 18.5. The highest BCUT2D eigenvalue weighted by atomic mass is 32.2. The number of aliphatic imine (C=N–C) groups is 1. The molecule has 0 amide bonds. The molecule has 1 aliphatic rings. The van der Waals surface area contributed by atoms with Gasteiger partial charge in [-0.3, -0.25) is 9.79 Å². The molecule has 0 spiro atoms. The average molecular weight is 330 g/mol. The van der Waals surface area contributed by atoms with Crippen molar-refractivity contribution in [2.75, 3.05) is 31.9 Å². The van der Waals surface area contributed by atoms with Gasteiger partial charge in [-0.1, -0.05) is 13.8 Å². The molecule has 22 heavy (non-hydrogen) atoms. The van der Waals surface area contributed by atoms with Crippen LogP contribution in [0, 0.1) is 5.92 Å². The lowest BCUT2D eigenvalue weighted by Crippen LogP contribution is -2.49. The number of hydrogen-bond acceptors (Lipinski definition) is 4. The number of thioether (sulfide) groups is 1. The third-order valence-corrected chi connectivity index (χ3v) is 4.96. The van der Waals surface area contributed by atoms with Crippen molar-refractivity contribution >= 4 is 23.7 Å². The smallest absolute Gasteiger partial charge is 0.307 e. The first-order chi connectivity index (χ1) is 10.4. The number of esters is 1. The highest BCUT2D eigenvalue weighted by Gasteiger charge is 2.24. The van der Waals surface area contributed by atoms with Gasteiger partial charge in [0.15, 0.2) is 5.96 Å². The van der Waals surface area contributed by atoms with Crippen LogP contribution in [0.4, 0.5) is 0 Å². The molecule has 5 nitrogen and oxygen atoms in total. The second-order valence-corrected chi connectivity index (χ2v) is 7.47. The minimum atomic E-state index is -0.177. The van der Waals surface area contributed by atoms with E-state index >= 15 is 0 Å². The molecule has 1 unspecified atom stereocenters. The van der Waals surface area contributed by atoms with Crippen LogP contribution in [0.5, 0.6) is 0 Å². The van der Waals surface area contributed by atoms with Gasteiger partial charge in [0.25, 0.3) is 0 Å². The van der Waals surface area contributed by atoms with Gasteiger partial charge in [0.2, 0.25) is 0 Å². The molecule has 1 aliphatic heterocycles. The second kappa shape index (κ2) is 9.98. The van der Waals surface area contributed by atoms with Gasteiger partial charge in [-0.25, -0.2) is 0 Å². The minimum Gasteiger partial charge on any atom is -0.463 e. The maximum atomic E-state index is 11.6. The number of guanidine groups is 1. The van der Waals surface area contributed by atoms with Gasteiger partial charge in [0, 0.05) is 30.6 Å². The van der Waals surface area contributed by atoms with Crippen LogP contribution in [-0.4, -0.2) is 60.1 Å². The largest absolute Gasteiger partial charge is 0.463 e. The molecule has 0 aromatic rings. The van der Waals surface area contributed by atoms with Gasteiger partial charge in [-0.15, -0.1) is 0 Å². The monoisotopic (exact) mass is 329 g/mol. The van der Waals surface area contributed by atoms with Crippen LogP contribution in [0.15, 0.2) is 4.99 Å². The van der Waals surface area contributed by atoms with Crippen LogP contribution in [0.1, 0.15) is 41.0 Å². The number of nitrogens with zero attached hydrogens (tertiary/aromatic N) is 2. The van der Waals surface area contributed by atoms with Crippen LogP contribution in [-0.2, 0) is 9.53 Å². The van der Waals surface area contributed by atoms with Crippen molar-refractivity contribution in [3.63, 3.8) is 0 Å². The summed E-state index contributed by atoms with van der Waals surface area (Å²) in [7, 11) is 0. The number of carbonyl (C=O) groups is 1. The van der Waals surface area contributed by atoms with Crippen LogP contribution >= 0.6 is 11.8 Å². The predicted octanol–water partition coefficient (Wildman–Crippen LogP) is 2.37. The number of nitrogens with one attached hydrogen (secondary N) is 1. The Hall–Kier alpha value is -0.910. The standard InChI is InChI=1S/C16H31N3O2S/c1-6-17-16(18-8-7-15(20)21-13(4)5)19-9-10-22-14(11-19)12(2)3/h12-14H,6-11H2,1-5H3,(H,17,18). The summed E-state index contributed by atoms with van der Waals surface area (Å²) in [5, 5.41) is 3.98. The summed E-state index contributed by atoms with van der Waals surface area (Å²) in [6.07, 6.45) is 0.277. The van der Waals surface area contributed by atoms with Crippen LogP contribution in [0.25, 0.3) is 0 Å². The van der Waals surface area contributed by atoms with Gasteiger partial charge in [0.05, 0.1) is 19.1 Å². The fraction of sp³-hybridized carbons (Fsp3) is 0.875. The Balaban J connectivity index is 2.56. The fourth-order valence-electron chi connectivity index (χ4n) is 2.27. The van der Waals surface area contributed by atoms with E-state index in [9.17, 15) is 4.79 Å². The summed E-state index contributed by atoms with van der Waals surface area (Å²) < 4.78 is 5.14. The van der Waals surface area contributed by atoms with Gasteiger partial charge in [-0.2, -0.15) is 11.8 Å². The first-order valence-corrected chi connectivity index (χ1v) is 9.33. The predicted molar refractivity (Wildman–Crippen MR) is 94.5 cm³/mol. The third kappa shape index (κ3) is 6.90. The number of carbonyl (C=O) groups excluding carboxylic acids is 1. The normalized spacial score (nSPS) is 19.7. The van der Waals surface area contributed by atoms with E-state index < -0.39 is 0 Å². The summed E-state index contributed by atoms with van der Waals surface area (Å²) in [5.74, 6) is 2.54. The van der Waals surface area contributed by atoms with E-state index in [-0.39, 0.29) is 12.1 Å². The van der Waals surface area contributed by atoms with Gasteiger partial charge in [0.1, 0.15) is 0 Å². The van der Waals surface area contributed by atoms with Gasteiger partial charge < -0.3 is 15.0 Å². The van der Waals surface area contributed by atoms with Crippen LogP contribution in [0.3, 0.4) is 0 Å². The molecule has 0 radical (unpaired) electrons. The minimum absolute atomic E-state index is 0.0596. The number of ether oxygens (including phenoxy) is 1. The van der Waals surface area contributed by atoms with E-state index in [1.54, 1.807) is 0 Å². The molecule has 1 saturated heterocycles. The molecule has 1 N–H and O–H groups in total. The summed E-state index contributed by atoms with van der Waals surface area (Å²) in [5.41, 5.74) is 0. The molecule has 0 aromatic heterocycles. The van der Waals surface area contributed by atoms with Crippen molar-refractivity contribution in [1.29, 1.82) is 0 Å². The third-order valence-electron chi connectivity index (χ3n) is 3.42. The zero-order valence-electron chi connectivity index (χ0n) is 14.6. The lowest BCUT2D eigenvalue weighted by atomic mass is 10.1. The molecule has 1 rings (SSSR count). The Morgan fingerprint density at radius 3 is 2.73 bits per heavy atom. The molecule has 6 heteroatoms. The van der Waals surface area contributed by atoms with Crippen molar-refractivity contribution in [2.45, 2.75) is 52.4 Å². The van der Waals surface area contributed by atoms with Crippen molar-refractivity contribution in [3.05, 3.63) is 0 Å². The maximum absolute atomic E-state index is 11.6. The van der Waals surface area contributed by atoms with Crippen molar-refractivity contribution in [3.8, 4) is 0 Å². The molecular weight excluding hydrogens is 298 g/mol. The van der Waals surface area contributed by atoms with E-state index in [1.807, 2.05) is 25.6 Å². The van der Waals surface area contributed by atoms with Crippen molar-refractivity contribution in [1.82, 2.24) is 10.2 Å². The van der Waals surface area contributed by atoms with E-state index in [0.717, 1.165) is 31.3 Å². The Morgan fingerprint density at radius 2 is 2.14 bits per heavy atom.